The number of nitrogen functional groups attached to an aromatic ring is 1. The van der Waals surface area contributed by atoms with Crippen LogP contribution in [0.4, 0.5) is 17.1 Å². The average molecular weight is 514 g/mol. The molecule has 0 fully saturated rings. The van der Waals surface area contributed by atoms with Gasteiger partial charge in [-0.15, -0.1) is 0 Å². The molecule has 0 aliphatic carbocycles. The predicted octanol–water partition coefficient (Wildman–Crippen LogP) is 5.05. The van der Waals surface area contributed by atoms with Gasteiger partial charge in [0.1, 0.15) is 6.04 Å². The van der Waals surface area contributed by atoms with E-state index in [1.54, 1.807) is 18.2 Å². The van der Waals surface area contributed by atoms with E-state index in [9.17, 15) is 9.59 Å². The van der Waals surface area contributed by atoms with E-state index >= 15 is 0 Å². The van der Waals surface area contributed by atoms with Crippen molar-refractivity contribution in [2.75, 3.05) is 43.6 Å². The summed E-state index contributed by atoms with van der Waals surface area (Å²) < 4.78 is 0. The zero-order valence-corrected chi connectivity index (χ0v) is 22.9. The van der Waals surface area contributed by atoms with E-state index in [0.717, 1.165) is 23.4 Å². The summed E-state index contributed by atoms with van der Waals surface area (Å²) in [5.41, 5.74) is 10.7. The maximum Gasteiger partial charge on any atom is 0.248 e. The summed E-state index contributed by atoms with van der Waals surface area (Å²) in [6, 6.07) is 22.2. The van der Waals surface area contributed by atoms with Gasteiger partial charge in [0.25, 0.3) is 0 Å². The molecule has 0 aliphatic rings. The van der Waals surface area contributed by atoms with Crippen molar-refractivity contribution in [3.05, 3.63) is 95.6 Å². The number of likely N-dealkylation sites (N-methyl/N-ethyl adjacent to an activating group) is 1. The van der Waals surface area contributed by atoms with Crippen molar-refractivity contribution < 1.29 is 9.59 Å². The standard InChI is InChI=1S/C31H39N5O2/c1-31(2,3)24-15-17-25(18-16-24)34-30(38)29(33-20-21-36(4)5)23-13-10-22(11-14-23)12-19-28(37)35-27-9-7-6-8-26(27)32/h6-19,29,33H,20-21,32H2,1-5H3,(H,34,38)(H,35,37)/b19-12+. The van der Waals surface area contributed by atoms with Crippen LogP contribution < -0.4 is 21.7 Å². The third-order valence-corrected chi connectivity index (χ3v) is 6.10. The van der Waals surface area contributed by atoms with Crippen LogP contribution >= 0.6 is 0 Å². The molecule has 38 heavy (non-hydrogen) atoms. The summed E-state index contributed by atoms with van der Waals surface area (Å²) in [4.78, 5) is 27.7. The normalized spacial score (nSPS) is 12.5. The number of nitrogens with two attached hydrogens (primary N) is 1. The molecule has 0 heterocycles. The zero-order chi connectivity index (χ0) is 27.7. The molecule has 0 bridgehead atoms. The van der Waals surface area contributed by atoms with Gasteiger partial charge in [0, 0.05) is 24.9 Å². The highest BCUT2D eigenvalue weighted by atomic mass is 16.2. The van der Waals surface area contributed by atoms with E-state index in [1.165, 1.54) is 11.6 Å². The van der Waals surface area contributed by atoms with Gasteiger partial charge in [0.15, 0.2) is 0 Å². The topological polar surface area (TPSA) is 99.5 Å². The summed E-state index contributed by atoms with van der Waals surface area (Å²) in [7, 11) is 3.99. The van der Waals surface area contributed by atoms with E-state index < -0.39 is 6.04 Å². The van der Waals surface area contributed by atoms with Gasteiger partial charge >= 0.3 is 0 Å². The minimum absolute atomic E-state index is 0.0462. The molecule has 7 nitrogen and oxygen atoms in total. The minimum Gasteiger partial charge on any atom is -0.397 e. The summed E-state index contributed by atoms with van der Waals surface area (Å²) in [5.74, 6) is -0.401. The van der Waals surface area contributed by atoms with Crippen LogP contribution in [0.2, 0.25) is 0 Å². The molecule has 7 heteroatoms. The van der Waals surface area contributed by atoms with Crippen molar-refractivity contribution in [1.29, 1.82) is 0 Å². The highest BCUT2D eigenvalue weighted by Crippen LogP contribution is 2.24. The van der Waals surface area contributed by atoms with Crippen LogP contribution in [0.15, 0.2) is 78.9 Å². The number of carbonyl (C=O) groups excluding carboxylic acids is 2. The molecule has 0 spiro atoms. The zero-order valence-electron chi connectivity index (χ0n) is 22.9. The van der Waals surface area contributed by atoms with E-state index in [2.05, 4.69) is 41.6 Å². The minimum atomic E-state index is -0.528. The van der Waals surface area contributed by atoms with Crippen molar-refractivity contribution >= 4 is 35.0 Å². The molecular formula is C31H39N5O2. The first-order chi connectivity index (χ1) is 18.0. The van der Waals surface area contributed by atoms with Crippen molar-refractivity contribution in [2.24, 2.45) is 0 Å². The molecule has 3 aromatic rings. The van der Waals surface area contributed by atoms with E-state index in [1.807, 2.05) is 74.8 Å². The quantitative estimate of drug-likeness (QED) is 0.225. The Kier molecular flexibility index (Phi) is 9.82. The number of amides is 2. The van der Waals surface area contributed by atoms with E-state index in [0.29, 0.717) is 17.9 Å². The molecule has 3 aromatic carbocycles. The lowest BCUT2D eigenvalue weighted by Gasteiger charge is -2.22. The lowest BCUT2D eigenvalue weighted by molar-refractivity contribution is -0.118. The Bertz CT molecular complexity index is 1240. The van der Waals surface area contributed by atoms with E-state index in [4.69, 9.17) is 5.73 Å². The molecule has 0 aliphatic heterocycles. The van der Waals surface area contributed by atoms with Gasteiger partial charge in [0.2, 0.25) is 11.8 Å². The molecule has 0 saturated carbocycles. The van der Waals surface area contributed by atoms with Gasteiger partial charge in [-0.1, -0.05) is 69.3 Å². The third-order valence-electron chi connectivity index (χ3n) is 6.10. The van der Waals surface area contributed by atoms with Crippen molar-refractivity contribution in [3.8, 4) is 0 Å². The Balaban J connectivity index is 1.70. The molecule has 5 N–H and O–H groups in total. The Morgan fingerprint density at radius 1 is 0.921 bits per heavy atom. The van der Waals surface area contributed by atoms with Crippen LogP contribution in [0, 0.1) is 0 Å². The van der Waals surface area contributed by atoms with Crippen LogP contribution in [0.5, 0.6) is 0 Å². The Labute approximate surface area is 226 Å². The molecule has 0 radical (unpaired) electrons. The second-order valence-electron chi connectivity index (χ2n) is 10.6. The summed E-state index contributed by atoms with van der Waals surface area (Å²) in [6.07, 6.45) is 3.19. The summed E-state index contributed by atoms with van der Waals surface area (Å²) in [6.45, 7) is 7.94. The molecular weight excluding hydrogens is 474 g/mol. The fourth-order valence-corrected chi connectivity index (χ4v) is 3.82. The van der Waals surface area contributed by atoms with Crippen LogP contribution in [-0.2, 0) is 15.0 Å². The molecule has 3 rings (SSSR count). The first-order valence-corrected chi connectivity index (χ1v) is 12.8. The number of rotatable bonds is 10. The van der Waals surface area contributed by atoms with Gasteiger partial charge < -0.3 is 26.6 Å². The molecule has 2 amide bonds. The van der Waals surface area contributed by atoms with E-state index in [-0.39, 0.29) is 17.2 Å². The molecule has 200 valence electrons. The maximum atomic E-state index is 13.3. The van der Waals surface area contributed by atoms with Crippen molar-refractivity contribution in [2.45, 2.75) is 32.2 Å². The largest absolute Gasteiger partial charge is 0.397 e. The van der Waals surface area contributed by atoms with Crippen LogP contribution in [0.1, 0.15) is 43.5 Å². The van der Waals surface area contributed by atoms with Crippen molar-refractivity contribution in [3.63, 3.8) is 0 Å². The van der Waals surface area contributed by atoms with Crippen molar-refractivity contribution in [1.82, 2.24) is 10.2 Å². The average Bonchev–Trinajstić information content (AvgIpc) is 2.87. The Morgan fingerprint density at radius 2 is 1.58 bits per heavy atom. The number of nitrogens with one attached hydrogen (secondary N) is 3. The maximum absolute atomic E-state index is 13.3. The van der Waals surface area contributed by atoms with Crippen LogP contribution in [0.25, 0.3) is 6.08 Å². The Morgan fingerprint density at radius 3 is 2.18 bits per heavy atom. The number of benzene rings is 3. The number of anilines is 3. The Hall–Kier alpha value is -3.94. The summed E-state index contributed by atoms with van der Waals surface area (Å²) in [5, 5.41) is 9.20. The second kappa shape index (κ2) is 13.0. The van der Waals surface area contributed by atoms with Gasteiger partial charge in [-0.25, -0.2) is 0 Å². The number of hydrogen-bond donors (Lipinski definition) is 4. The highest BCUT2D eigenvalue weighted by Gasteiger charge is 2.21. The van der Waals surface area contributed by atoms with Crippen LogP contribution in [0.3, 0.4) is 0 Å². The van der Waals surface area contributed by atoms with Gasteiger partial charge in [-0.3, -0.25) is 9.59 Å². The SMILES string of the molecule is CN(C)CCNC(C(=O)Nc1ccc(C(C)(C)C)cc1)c1ccc(/C=C/C(=O)Nc2ccccc2N)cc1. The number of nitrogens with zero attached hydrogens (tertiary/aromatic N) is 1. The molecule has 1 unspecified atom stereocenters. The number of para-hydroxylation sites is 2. The molecule has 1 atom stereocenters. The fraction of sp³-hybridized carbons (Fsp3) is 0.290. The van der Waals surface area contributed by atoms with Gasteiger partial charge in [0.05, 0.1) is 11.4 Å². The first-order valence-electron chi connectivity index (χ1n) is 12.8. The molecule has 0 aromatic heterocycles. The number of hydrogen-bond acceptors (Lipinski definition) is 5. The lowest BCUT2D eigenvalue weighted by Crippen LogP contribution is -2.36. The van der Waals surface area contributed by atoms with Gasteiger partial charge in [-0.05, 0) is 66.5 Å². The predicted molar refractivity (Wildman–Crippen MR) is 158 cm³/mol. The lowest BCUT2D eigenvalue weighted by atomic mass is 9.87. The van der Waals surface area contributed by atoms with Crippen LogP contribution in [-0.4, -0.2) is 43.9 Å². The fourth-order valence-electron chi connectivity index (χ4n) is 3.82. The first kappa shape index (κ1) is 28.6. The molecule has 0 saturated heterocycles. The number of carbonyl (C=O) groups is 2. The monoisotopic (exact) mass is 513 g/mol. The summed E-state index contributed by atoms with van der Waals surface area (Å²) >= 11 is 0. The third kappa shape index (κ3) is 8.57. The second-order valence-corrected chi connectivity index (χ2v) is 10.6. The smallest absolute Gasteiger partial charge is 0.248 e. The highest BCUT2D eigenvalue weighted by molar-refractivity contribution is 6.03. The van der Waals surface area contributed by atoms with Gasteiger partial charge in [-0.2, -0.15) is 0 Å².